The van der Waals surface area contributed by atoms with E-state index in [2.05, 4.69) is 15.4 Å². The molecule has 1 atom stereocenters. The molecule has 0 aliphatic carbocycles. The van der Waals surface area contributed by atoms with E-state index in [1.807, 2.05) is 23.9 Å². The van der Waals surface area contributed by atoms with Crippen molar-refractivity contribution in [1.82, 2.24) is 24.6 Å². The summed E-state index contributed by atoms with van der Waals surface area (Å²) in [6.07, 6.45) is 6.07. The van der Waals surface area contributed by atoms with E-state index in [4.69, 9.17) is 4.74 Å². The Bertz CT molecular complexity index is 538. The average Bonchev–Trinajstić information content (AvgIpc) is 3.08. The Hall–Kier alpha value is -1.82. The van der Waals surface area contributed by atoms with Gasteiger partial charge in [-0.05, 0) is 19.4 Å². The van der Waals surface area contributed by atoms with Gasteiger partial charge in [0.2, 0.25) is 5.88 Å². The third-order valence-electron chi connectivity index (χ3n) is 3.36. The Morgan fingerprint density at radius 3 is 3.06 bits per heavy atom. The predicted octanol–water partition coefficient (Wildman–Crippen LogP) is 1.04. The van der Waals surface area contributed by atoms with Crippen molar-refractivity contribution in [3.8, 4) is 11.7 Å². The van der Waals surface area contributed by atoms with Gasteiger partial charge in [0.1, 0.15) is 6.33 Å². The van der Waals surface area contributed by atoms with Crippen LogP contribution in [0.4, 0.5) is 0 Å². The molecule has 96 valence electrons. The number of aromatic nitrogens is 4. The molecule has 0 spiro atoms. The van der Waals surface area contributed by atoms with E-state index in [1.54, 1.807) is 18.1 Å². The fourth-order valence-corrected chi connectivity index (χ4v) is 2.44. The van der Waals surface area contributed by atoms with Gasteiger partial charge in [0.15, 0.2) is 5.82 Å². The first-order valence-corrected chi connectivity index (χ1v) is 6.13. The second kappa shape index (κ2) is 4.45. The molecule has 0 radical (unpaired) electrons. The minimum Gasteiger partial charge on any atom is -0.481 e. The van der Waals surface area contributed by atoms with Crippen molar-refractivity contribution < 1.29 is 4.74 Å². The standard InChI is InChI=1S/C12H17N5O/c1-16-12(18-2)6-11(15-16)17-8-13-7-10(17)9-4-3-5-14-9/h6-9,14H,3-5H2,1-2H3. The third-order valence-corrected chi connectivity index (χ3v) is 3.36. The molecule has 0 aromatic carbocycles. The molecule has 1 aliphatic rings. The van der Waals surface area contributed by atoms with E-state index < -0.39 is 0 Å². The van der Waals surface area contributed by atoms with Gasteiger partial charge in [-0.15, -0.1) is 0 Å². The molecule has 1 aliphatic heterocycles. The highest BCUT2D eigenvalue weighted by molar-refractivity contribution is 5.31. The number of nitrogens with one attached hydrogen (secondary N) is 1. The van der Waals surface area contributed by atoms with Gasteiger partial charge in [0.05, 0.1) is 19.0 Å². The second-order valence-corrected chi connectivity index (χ2v) is 4.51. The Kier molecular flexibility index (Phi) is 2.79. The van der Waals surface area contributed by atoms with Crippen molar-refractivity contribution >= 4 is 0 Å². The summed E-state index contributed by atoms with van der Waals surface area (Å²) in [5.74, 6) is 1.58. The lowest BCUT2D eigenvalue weighted by molar-refractivity contribution is 0.373. The lowest BCUT2D eigenvalue weighted by Gasteiger charge is -2.11. The zero-order valence-electron chi connectivity index (χ0n) is 10.6. The molecule has 1 fully saturated rings. The topological polar surface area (TPSA) is 56.9 Å². The molecule has 1 unspecified atom stereocenters. The molecular formula is C12H17N5O. The van der Waals surface area contributed by atoms with E-state index in [1.165, 1.54) is 6.42 Å². The molecule has 2 aromatic heterocycles. The van der Waals surface area contributed by atoms with Crippen LogP contribution in [0.15, 0.2) is 18.6 Å². The number of nitrogens with zero attached hydrogens (tertiary/aromatic N) is 4. The van der Waals surface area contributed by atoms with Gasteiger partial charge in [-0.1, -0.05) is 0 Å². The molecule has 0 amide bonds. The highest BCUT2D eigenvalue weighted by atomic mass is 16.5. The maximum Gasteiger partial charge on any atom is 0.213 e. The molecule has 0 saturated carbocycles. The number of imidazole rings is 1. The van der Waals surface area contributed by atoms with Gasteiger partial charge in [-0.25, -0.2) is 9.67 Å². The fourth-order valence-electron chi connectivity index (χ4n) is 2.44. The third kappa shape index (κ3) is 1.78. The Labute approximate surface area is 106 Å². The van der Waals surface area contributed by atoms with Crippen molar-refractivity contribution in [2.45, 2.75) is 18.9 Å². The smallest absolute Gasteiger partial charge is 0.213 e. The lowest BCUT2D eigenvalue weighted by atomic mass is 10.2. The molecule has 1 N–H and O–H groups in total. The summed E-state index contributed by atoms with van der Waals surface area (Å²) < 4.78 is 8.98. The Morgan fingerprint density at radius 2 is 2.39 bits per heavy atom. The van der Waals surface area contributed by atoms with Crippen LogP contribution in [0, 0.1) is 0 Å². The van der Waals surface area contributed by atoms with Crippen molar-refractivity contribution in [3.05, 3.63) is 24.3 Å². The van der Waals surface area contributed by atoms with Crippen LogP contribution in [0.25, 0.3) is 5.82 Å². The summed E-state index contributed by atoms with van der Waals surface area (Å²) in [5, 5.41) is 7.92. The van der Waals surface area contributed by atoms with Crippen LogP contribution in [0.1, 0.15) is 24.6 Å². The Balaban J connectivity index is 1.98. The van der Waals surface area contributed by atoms with Crippen LogP contribution >= 0.6 is 0 Å². The van der Waals surface area contributed by atoms with Crippen LogP contribution in [0.2, 0.25) is 0 Å². The Morgan fingerprint density at radius 1 is 1.50 bits per heavy atom. The summed E-state index contributed by atoms with van der Waals surface area (Å²) in [6.45, 7) is 1.07. The van der Waals surface area contributed by atoms with Crippen LogP contribution in [0.5, 0.6) is 5.88 Å². The largest absolute Gasteiger partial charge is 0.481 e. The van der Waals surface area contributed by atoms with E-state index >= 15 is 0 Å². The van der Waals surface area contributed by atoms with Crippen molar-refractivity contribution in [3.63, 3.8) is 0 Å². The normalized spacial score (nSPS) is 19.3. The minimum absolute atomic E-state index is 0.375. The molecule has 18 heavy (non-hydrogen) atoms. The second-order valence-electron chi connectivity index (χ2n) is 4.51. The number of hydrogen-bond acceptors (Lipinski definition) is 4. The van der Waals surface area contributed by atoms with Gasteiger partial charge in [-0.3, -0.25) is 4.57 Å². The summed E-state index contributed by atoms with van der Waals surface area (Å²) in [6, 6.07) is 2.29. The van der Waals surface area contributed by atoms with Gasteiger partial charge in [0, 0.05) is 19.2 Å². The summed E-state index contributed by atoms with van der Waals surface area (Å²) in [4.78, 5) is 4.24. The number of hydrogen-bond donors (Lipinski definition) is 1. The molecule has 1 saturated heterocycles. The number of aryl methyl sites for hydroxylation is 1. The highest BCUT2D eigenvalue weighted by Gasteiger charge is 2.21. The quantitative estimate of drug-likeness (QED) is 0.880. The zero-order chi connectivity index (χ0) is 12.5. The number of rotatable bonds is 3. The summed E-state index contributed by atoms with van der Waals surface area (Å²) >= 11 is 0. The molecule has 6 nitrogen and oxygen atoms in total. The van der Waals surface area contributed by atoms with Gasteiger partial charge < -0.3 is 10.1 Å². The fraction of sp³-hybridized carbons (Fsp3) is 0.500. The van der Waals surface area contributed by atoms with Crippen molar-refractivity contribution in [1.29, 1.82) is 0 Å². The molecule has 3 rings (SSSR count). The maximum atomic E-state index is 5.24. The molecular weight excluding hydrogens is 230 g/mol. The number of methoxy groups -OCH3 is 1. The van der Waals surface area contributed by atoms with Crippen LogP contribution < -0.4 is 10.1 Å². The molecule has 6 heteroatoms. The molecule has 2 aromatic rings. The minimum atomic E-state index is 0.375. The molecule has 3 heterocycles. The van der Waals surface area contributed by atoms with Gasteiger partial charge in [-0.2, -0.15) is 5.10 Å². The predicted molar refractivity (Wildman–Crippen MR) is 66.9 cm³/mol. The first kappa shape index (κ1) is 11.3. The average molecular weight is 247 g/mol. The first-order valence-electron chi connectivity index (χ1n) is 6.13. The van der Waals surface area contributed by atoms with Crippen LogP contribution in [-0.4, -0.2) is 33.0 Å². The zero-order valence-corrected chi connectivity index (χ0v) is 10.6. The van der Waals surface area contributed by atoms with Crippen molar-refractivity contribution in [2.24, 2.45) is 7.05 Å². The SMILES string of the molecule is COc1cc(-n2cncc2C2CCCN2)nn1C. The van der Waals surface area contributed by atoms with E-state index in [9.17, 15) is 0 Å². The maximum absolute atomic E-state index is 5.24. The monoisotopic (exact) mass is 247 g/mol. The highest BCUT2D eigenvalue weighted by Crippen LogP contribution is 2.25. The summed E-state index contributed by atoms with van der Waals surface area (Å²) in [5.41, 5.74) is 1.16. The van der Waals surface area contributed by atoms with E-state index in [0.717, 1.165) is 30.4 Å². The summed E-state index contributed by atoms with van der Waals surface area (Å²) in [7, 11) is 3.51. The van der Waals surface area contributed by atoms with Gasteiger partial charge >= 0.3 is 0 Å². The van der Waals surface area contributed by atoms with E-state index in [0.29, 0.717) is 6.04 Å². The first-order chi connectivity index (χ1) is 8.79. The van der Waals surface area contributed by atoms with Crippen LogP contribution in [0.3, 0.4) is 0 Å². The van der Waals surface area contributed by atoms with Crippen LogP contribution in [-0.2, 0) is 7.05 Å². The van der Waals surface area contributed by atoms with E-state index in [-0.39, 0.29) is 0 Å². The van der Waals surface area contributed by atoms with Gasteiger partial charge in [0.25, 0.3) is 0 Å². The molecule has 0 bridgehead atoms. The van der Waals surface area contributed by atoms with Crippen molar-refractivity contribution in [2.75, 3.05) is 13.7 Å². The number of ether oxygens (including phenoxy) is 1. The lowest BCUT2D eigenvalue weighted by Crippen LogP contribution is -2.16.